The van der Waals surface area contributed by atoms with Crippen LogP contribution in [-0.4, -0.2) is 49.0 Å². The van der Waals surface area contributed by atoms with Crippen molar-refractivity contribution in [2.75, 3.05) is 33.4 Å². The van der Waals surface area contributed by atoms with Gasteiger partial charge in [0, 0.05) is 6.54 Å². The van der Waals surface area contributed by atoms with Gasteiger partial charge in [0.2, 0.25) is 0 Å². The maximum Gasteiger partial charge on any atom is 0.0671 e. The molecule has 0 atom stereocenters. The van der Waals surface area contributed by atoms with E-state index in [0.29, 0.717) is 0 Å². The van der Waals surface area contributed by atoms with Gasteiger partial charge in [-0.3, -0.25) is 4.90 Å². The van der Waals surface area contributed by atoms with Crippen LogP contribution in [0.3, 0.4) is 0 Å². The van der Waals surface area contributed by atoms with E-state index in [0.717, 1.165) is 19.8 Å². The quantitative estimate of drug-likeness (QED) is 0.592. The fraction of sp³-hybridized carbons (Fsp3) is 1.00. The second kappa shape index (κ2) is 2.86. The zero-order chi connectivity index (χ0) is 7.61. The van der Waals surface area contributed by atoms with Crippen molar-refractivity contribution in [1.29, 1.82) is 0 Å². The van der Waals surface area contributed by atoms with E-state index < -0.39 is 0 Å². The Kier molecular flexibility index (Phi) is 2.28. The molecule has 0 bridgehead atoms. The molecule has 0 unspecified atom stereocenters. The lowest BCUT2D eigenvalue weighted by Gasteiger charge is -2.45. The molecule has 3 heteroatoms. The molecular formula is C7H15NO2. The van der Waals surface area contributed by atoms with Crippen molar-refractivity contribution in [2.45, 2.75) is 12.5 Å². The average Bonchev–Trinajstić information content (AvgIpc) is 1.83. The highest BCUT2D eigenvalue weighted by atomic mass is 16.5. The fourth-order valence-electron chi connectivity index (χ4n) is 1.04. The van der Waals surface area contributed by atoms with Gasteiger partial charge in [-0.2, -0.15) is 0 Å². The Morgan fingerprint density at radius 1 is 1.60 bits per heavy atom. The van der Waals surface area contributed by atoms with Gasteiger partial charge in [0.05, 0.1) is 25.4 Å². The molecular weight excluding hydrogens is 130 g/mol. The molecule has 0 aliphatic carbocycles. The van der Waals surface area contributed by atoms with Gasteiger partial charge < -0.3 is 9.84 Å². The summed E-state index contributed by atoms with van der Waals surface area (Å²) in [5.41, 5.74) is 0.183. The van der Waals surface area contributed by atoms with E-state index in [1.54, 1.807) is 0 Å². The molecule has 0 spiro atoms. The smallest absolute Gasteiger partial charge is 0.0671 e. The Labute approximate surface area is 61.6 Å². The summed E-state index contributed by atoms with van der Waals surface area (Å²) >= 11 is 0. The Morgan fingerprint density at radius 3 is 2.50 bits per heavy atom. The van der Waals surface area contributed by atoms with E-state index in [1.165, 1.54) is 0 Å². The first-order chi connectivity index (χ1) is 4.69. The standard InChI is InChI=1S/C7H15NO2/c1-7(5-10-6-7)8(2)3-4-9/h9H,3-6H2,1-2H3. The first-order valence-corrected chi connectivity index (χ1v) is 3.59. The molecule has 1 rings (SSSR count). The SMILES string of the molecule is CN(CCO)C1(C)COC1. The van der Waals surface area contributed by atoms with Gasteiger partial charge >= 0.3 is 0 Å². The first-order valence-electron chi connectivity index (χ1n) is 3.59. The van der Waals surface area contributed by atoms with Gasteiger partial charge in [0.1, 0.15) is 0 Å². The van der Waals surface area contributed by atoms with Crippen molar-refractivity contribution in [3.8, 4) is 0 Å². The predicted octanol–water partition coefficient (Wildman–Crippen LogP) is -0.301. The van der Waals surface area contributed by atoms with Gasteiger partial charge in [-0.25, -0.2) is 0 Å². The monoisotopic (exact) mass is 145 g/mol. The van der Waals surface area contributed by atoms with Crippen LogP contribution in [0.1, 0.15) is 6.92 Å². The van der Waals surface area contributed by atoms with Gasteiger partial charge in [-0.15, -0.1) is 0 Å². The highest BCUT2D eigenvalue weighted by Crippen LogP contribution is 2.21. The molecule has 60 valence electrons. The number of β-amino-alcohol motifs (C(OH)–C–C–N with tert-alkyl or cyclic N) is 1. The number of aliphatic hydroxyl groups is 1. The minimum absolute atomic E-state index is 0.183. The van der Waals surface area contributed by atoms with Crippen molar-refractivity contribution in [2.24, 2.45) is 0 Å². The summed E-state index contributed by atoms with van der Waals surface area (Å²) in [6.07, 6.45) is 0. The van der Waals surface area contributed by atoms with Gasteiger partial charge in [0.15, 0.2) is 0 Å². The molecule has 10 heavy (non-hydrogen) atoms. The molecule has 0 aromatic heterocycles. The summed E-state index contributed by atoms with van der Waals surface area (Å²) in [7, 11) is 2.01. The summed E-state index contributed by atoms with van der Waals surface area (Å²) in [6, 6.07) is 0. The van der Waals surface area contributed by atoms with E-state index in [9.17, 15) is 0 Å². The zero-order valence-electron chi connectivity index (χ0n) is 6.63. The maximum atomic E-state index is 8.64. The average molecular weight is 145 g/mol. The Bertz CT molecular complexity index is 112. The summed E-state index contributed by atoms with van der Waals surface area (Å²) in [6.45, 7) is 4.70. The molecule has 0 aromatic carbocycles. The molecule has 0 saturated carbocycles. The minimum atomic E-state index is 0.183. The Morgan fingerprint density at radius 2 is 2.20 bits per heavy atom. The van der Waals surface area contributed by atoms with Gasteiger partial charge in [0.25, 0.3) is 0 Å². The highest BCUT2D eigenvalue weighted by molar-refractivity contribution is 4.90. The summed E-state index contributed by atoms with van der Waals surface area (Å²) in [5.74, 6) is 0. The van der Waals surface area contributed by atoms with Crippen LogP contribution < -0.4 is 0 Å². The molecule has 0 radical (unpaired) electrons. The lowest BCUT2D eigenvalue weighted by atomic mass is 9.99. The predicted molar refractivity (Wildman–Crippen MR) is 38.9 cm³/mol. The largest absolute Gasteiger partial charge is 0.395 e. The van der Waals surface area contributed by atoms with Crippen LogP contribution in [0.15, 0.2) is 0 Å². The Balaban J connectivity index is 2.31. The van der Waals surface area contributed by atoms with Gasteiger partial charge in [-0.1, -0.05) is 0 Å². The number of ether oxygens (including phenoxy) is 1. The summed E-state index contributed by atoms with van der Waals surface area (Å²) in [4.78, 5) is 2.14. The second-order valence-corrected chi connectivity index (χ2v) is 3.13. The van der Waals surface area contributed by atoms with Crippen LogP contribution in [0.25, 0.3) is 0 Å². The van der Waals surface area contributed by atoms with E-state index in [-0.39, 0.29) is 12.1 Å². The highest BCUT2D eigenvalue weighted by Gasteiger charge is 2.36. The second-order valence-electron chi connectivity index (χ2n) is 3.13. The van der Waals surface area contributed by atoms with Crippen molar-refractivity contribution >= 4 is 0 Å². The van der Waals surface area contributed by atoms with Crippen molar-refractivity contribution in [3.05, 3.63) is 0 Å². The van der Waals surface area contributed by atoms with Gasteiger partial charge in [-0.05, 0) is 14.0 Å². The number of hydrogen-bond donors (Lipinski definition) is 1. The molecule has 0 amide bonds. The van der Waals surface area contributed by atoms with Crippen LogP contribution in [0, 0.1) is 0 Å². The van der Waals surface area contributed by atoms with Crippen LogP contribution >= 0.6 is 0 Å². The molecule has 1 aliphatic heterocycles. The first kappa shape index (κ1) is 7.98. The lowest BCUT2D eigenvalue weighted by Crippen LogP contribution is -2.59. The third kappa shape index (κ3) is 1.31. The van der Waals surface area contributed by atoms with Crippen molar-refractivity contribution < 1.29 is 9.84 Å². The van der Waals surface area contributed by atoms with Crippen molar-refractivity contribution in [3.63, 3.8) is 0 Å². The topological polar surface area (TPSA) is 32.7 Å². The van der Waals surface area contributed by atoms with Crippen LogP contribution in [0.5, 0.6) is 0 Å². The van der Waals surface area contributed by atoms with Crippen LogP contribution in [-0.2, 0) is 4.74 Å². The Hall–Kier alpha value is -0.120. The zero-order valence-corrected chi connectivity index (χ0v) is 6.63. The van der Waals surface area contributed by atoms with Crippen LogP contribution in [0.2, 0.25) is 0 Å². The molecule has 1 saturated heterocycles. The lowest BCUT2D eigenvalue weighted by molar-refractivity contribution is -0.124. The number of hydrogen-bond acceptors (Lipinski definition) is 3. The number of aliphatic hydroxyl groups excluding tert-OH is 1. The third-order valence-corrected chi connectivity index (χ3v) is 2.18. The molecule has 1 fully saturated rings. The van der Waals surface area contributed by atoms with Crippen LogP contribution in [0.4, 0.5) is 0 Å². The maximum absolute atomic E-state index is 8.64. The summed E-state index contributed by atoms with van der Waals surface area (Å²) in [5, 5.41) is 8.64. The molecule has 3 nitrogen and oxygen atoms in total. The minimum Gasteiger partial charge on any atom is -0.395 e. The molecule has 1 aliphatic rings. The van der Waals surface area contributed by atoms with E-state index in [2.05, 4.69) is 11.8 Å². The number of nitrogens with zero attached hydrogens (tertiary/aromatic N) is 1. The third-order valence-electron chi connectivity index (χ3n) is 2.18. The fourth-order valence-corrected chi connectivity index (χ4v) is 1.04. The number of rotatable bonds is 3. The normalized spacial score (nSPS) is 22.8. The number of likely N-dealkylation sites (N-methyl/N-ethyl adjacent to an activating group) is 1. The molecule has 1 N–H and O–H groups in total. The van der Waals surface area contributed by atoms with E-state index in [4.69, 9.17) is 9.84 Å². The molecule has 0 aromatic rings. The molecule has 1 heterocycles. The van der Waals surface area contributed by atoms with Crippen molar-refractivity contribution in [1.82, 2.24) is 4.90 Å². The summed E-state index contributed by atoms with van der Waals surface area (Å²) < 4.78 is 5.08. The van der Waals surface area contributed by atoms with E-state index >= 15 is 0 Å². The van der Waals surface area contributed by atoms with E-state index in [1.807, 2.05) is 7.05 Å².